The number of hydrogen-bond acceptors (Lipinski definition) is 4. The molecular weight excluding hydrogens is 304 g/mol. The lowest BCUT2D eigenvalue weighted by molar-refractivity contribution is -0.128. The van der Waals surface area contributed by atoms with Crippen LogP contribution in [0.15, 0.2) is 36.4 Å². The van der Waals surface area contributed by atoms with Crippen LogP contribution >= 0.6 is 0 Å². The lowest BCUT2D eigenvalue weighted by Gasteiger charge is -2.35. The Hall–Kier alpha value is -1.69. The SMILES string of the molecule is CN(CCO)CC(O)C1CCN(C(=O)C=Cc2ccccc2)CC1. The van der Waals surface area contributed by atoms with Gasteiger partial charge < -0.3 is 20.0 Å². The smallest absolute Gasteiger partial charge is 0.246 e. The maximum atomic E-state index is 12.3. The van der Waals surface area contributed by atoms with Crippen LogP contribution in [0.2, 0.25) is 0 Å². The number of carbonyl (C=O) groups excluding carboxylic acids is 1. The van der Waals surface area contributed by atoms with Gasteiger partial charge in [0.05, 0.1) is 12.7 Å². The number of likely N-dealkylation sites (tertiary alicyclic amines) is 1. The minimum Gasteiger partial charge on any atom is -0.395 e. The number of piperidine rings is 1. The molecule has 0 aromatic heterocycles. The summed E-state index contributed by atoms with van der Waals surface area (Å²) in [6, 6.07) is 9.79. The Labute approximate surface area is 144 Å². The van der Waals surface area contributed by atoms with Crippen LogP contribution in [-0.4, -0.2) is 71.9 Å². The quantitative estimate of drug-likeness (QED) is 0.737. The van der Waals surface area contributed by atoms with Crippen molar-refractivity contribution in [1.82, 2.24) is 9.80 Å². The second-order valence-corrected chi connectivity index (χ2v) is 6.46. The molecule has 1 unspecified atom stereocenters. The van der Waals surface area contributed by atoms with Crippen molar-refractivity contribution in [2.75, 3.05) is 39.8 Å². The van der Waals surface area contributed by atoms with E-state index in [0.29, 0.717) is 26.2 Å². The molecule has 0 bridgehead atoms. The predicted molar refractivity (Wildman–Crippen MR) is 95.4 cm³/mol. The third-order valence-corrected chi connectivity index (χ3v) is 4.59. The Morgan fingerprint density at radius 3 is 2.62 bits per heavy atom. The molecule has 2 rings (SSSR count). The van der Waals surface area contributed by atoms with Gasteiger partial charge >= 0.3 is 0 Å². The van der Waals surface area contributed by atoms with Gasteiger partial charge in [-0.1, -0.05) is 30.3 Å². The second-order valence-electron chi connectivity index (χ2n) is 6.46. The van der Waals surface area contributed by atoms with Gasteiger partial charge in [-0.3, -0.25) is 4.79 Å². The number of aliphatic hydroxyl groups is 2. The Bertz CT molecular complexity index is 525. The maximum absolute atomic E-state index is 12.3. The highest BCUT2D eigenvalue weighted by atomic mass is 16.3. The molecular formula is C19H28N2O3. The Balaban J connectivity index is 1.77. The van der Waals surface area contributed by atoms with Crippen LogP contribution in [0.5, 0.6) is 0 Å². The number of nitrogens with zero attached hydrogens (tertiary/aromatic N) is 2. The van der Waals surface area contributed by atoms with E-state index in [1.807, 2.05) is 53.3 Å². The Morgan fingerprint density at radius 1 is 1.33 bits per heavy atom. The summed E-state index contributed by atoms with van der Waals surface area (Å²) in [5.74, 6) is 0.248. The van der Waals surface area contributed by atoms with Crippen LogP contribution in [-0.2, 0) is 4.79 Å². The van der Waals surface area contributed by atoms with E-state index in [0.717, 1.165) is 18.4 Å². The summed E-state index contributed by atoms with van der Waals surface area (Å²) in [6.07, 6.45) is 4.70. The number of likely N-dealkylation sites (N-methyl/N-ethyl adjacent to an activating group) is 1. The fourth-order valence-corrected chi connectivity index (χ4v) is 3.07. The molecule has 0 aliphatic carbocycles. The molecule has 2 N–H and O–H groups in total. The first-order chi connectivity index (χ1) is 11.6. The molecule has 1 amide bonds. The van der Waals surface area contributed by atoms with Crippen molar-refractivity contribution in [3.8, 4) is 0 Å². The molecule has 1 heterocycles. The predicted octanol–water partition coefficient (Wildman–Crippen LogP) is 1.22. The van der Waals surface area contributed by atoms with Crippen LogP contribution in [0.4, 0.5) is 0 Å². The summed E-state index contributed by atoms with van der Waals surface area (Å²) >= 11 is 0. The minimum atomic E-state index is -0.404. The van der Waals surface area contributed by atoms with Crippen molar-refractivity contribution < 1.29 is 15.0 Å². The van der Waals surface area contributed by atoms with Crippen molar-refractivity contribution in [2.45, 2.75) is 18.9 Å². The molecule has 1 atom stereocenters. The van der Waals surface area contributed by atoms with Crippen molar-refractivity contribution >= 4 is 12.0 Å². The summed E-state index contributed by atoms with van der Waals surface area (Å²) in [6.45, 7) is 2.60. The summed E-state index contributed by atoms with van der Waals surface area (Å²) in [5, 5.41) is 19.2. The molecule has 5 heteroatoms. The van der Waals surface area contributed by atoms with E-state index < -0.39 is 6.10 Å². The lowest BCUT2D eigenvalue weighted by atomic mass is 9.91. The standard InChI is InChI=1S/C19H28N2O3/c1-20(13-14-22)15-18(23)17-9-11-21(12-10-17)19(24)8-7-16-5-3-2-4-6-16/h2-8,17-18,22-23H,9-15H2,1H3. The van der Waals surface area contributed by atoms with E-state index in [1.165, 1.54) is 0 Å². The highest BCUT2D eigenvalue weighted by Crippen LogP contribution is 2.21. The van der Waals surface area contributed by atoms with Crippen LogP contribution < -0.4 is 0 Å². The largest absolute Gasteiger partial charge is 0.395 e. The molecule has 1 aliphatic heterocycles. The molecule has 1 aromatic carbocycles. The van der Waals surface area contributed by atoms with Crippen molar-refractivity contribution in [1.29, 1.82) is 0 Å². The van der Waals surface area contributed by atoms with E-state index >= 15 is 0 Å². The average molecular weight is 332 g/mol. The van der Waals surface area contributed by atoms with Gasteiger partial charge in [-0.15, -0.1) is 0 Å². The molecule has 0 radical (unpaired) electrons. The highest BCUT2D eigenvalue weighted by molar-refractivity contribution is 5.91. The van der Waals surface area contributed by atoms with Gasteiger partial charge in [-0.25, -0.2) is 0 Å². The summed E-state index contributed by atoms with van der Waals surface area (Å²) in [5.41, 5.74) is 1.02. The zero-order valence-electron chi connectivity index (χ0n) is 14.3. The van der Waals surface area contributed by atoms with E-state index in [9.17, 15) is 9.90 Å². The first kappa shape index (κ1) is 18.6. The first-order valence-corrected chi connectivity index (χ1v) is 8.59. The Kier molecular flexibility index (Phi) is 7.43. The molecule has 0 saturated carbocycles. The van der Waals surface area contributed by atoms with E-state index in [2.05, 4.69) is 0 Å². The molecule has 1 aliphatic rings. The van der Waals surface area contributed by atoms with Crippen LogP contribution in [0.3, 0.4) is 0 Å². The fourth-order valence-electron chi connectivity index (χ4n) is 3.07. The van der Waals surface area contributed by atoms with Gasteiger partial charge in [0, 0.05) is 32.3 Å². The highest BCUT2D eigenvalue weighted by Gasteiger charge is 2.27. The third-order valence-electron chi connectivity index (χ3n) is 4.59. The normalized spacial score (nSPS) is 17.6. The van der Waals surface area contributed by atoms with Crippen LogP contribution in [0.1, 0.15) is 18.4 Å². The van der Waals surface area contributed by atoms with Crippen LogP contribution in [0.25, 0.3) is 6.08 Å². The summed E-state index contributed by atoms with van der Waals surface area (Å²) in [7, 11) is 1.90. The fraction of sp³-hybridized carbons (Fsp3) is 0.526. The number of rotatable bonds is 7. The van der Waals surface area contributed by atoms with Gasteiger partial charge in [0.1, 0.15) is 0 Å². The van der Waals surface area contributed by atoms with Crippen molar-refractivity contribution in [2.24, 2.45) is 5.92 Å². The second kappa shape index (κ2) is 9.57. The van der Waals surface area contributed by atoms with Crippen molar-refractivity contribution in [3.63, 3.8) is 0 Å². The Morgan fingerprint density at radius 2 is 2.00 bits per heavy atom. The molecule has 132 valence electrons. The molecule has 1 fully saturated rings. The molecule has 5 nitrogen and oxygen atoms in total. The number of aliphatic hydroxyl groups excluding tert-OH is 2. The number of carbonyl (C=O) groups is 1. The van der Waals surface area contributed by atoms with Gasteiger partial charge in [0.25, 0.3) is 0 Å². The lowest BCUT2D eigenvalue weighted by Crippen LogP contribution is -2.43. The average Bonchev–Trinajstić information content (AvgIpc) is 2.61. The minimum absolute atomic E-state index is 0.0317. The molecule has 0 spiro atoms. The molecule has 24 heavy (non-hydrogen) atoms. The first-order valence-electron chi connectivity index (χ1n) is 8.59. The molecule has 1 aromatic rings. The topological polar surface area (TPSA) is 64.0 Å². The van der Waals surface area contributed by atoms with Gasteiger partial charge in [-0.05, 0) is 37.4 Å². The van der Waals surface area contributed by atoms with Crippen LogP contribution in [0, 0.1) is 5.92 Å². The van der Waals surface area contributed by atoms with Crippen molar-refractivity contribution in [3.05, 3.63) is 42.0 Å². The zero-order chi connectivity index (χ0) is 17.4. The van der Waals surface area contributed by atoms with E-state index in [4.69, 9.17) is 5.11 Å². The van der Waals surface area contributed by atoms with Gasteiger partial charge in [0.15, 0.2) is 0 Å². The van der Waals surface area contributed by atoms with Gasteiger partial charge in [0.2, 0.25) is 5.91 Å². The monoisotopic (exact) mass is 332 g/mol. The third kappa shape index (κ3) is 5.74. The zero-order valence-corrected chi connectivity index (χ0v) is 14.3. The van der Waals surface area contributed by atoms with E-state index in [-0.39, 0.29) is 18.4 Å². The van der Waals surface area contributed by atoms with E-state index in [1.54, 1.807) is 6.08 Å². The summed E-state index contributed by atoms with van der Waals surface area (Å²) in [4.78, 5) is 16.0. The van der Waals surface area contributed by atoms with Gasteiger partial charge in [-0.2, -0.15) is 0 Å². The molecule has 1 saturated heterocycles. The number of hydrogen-bond donors (Lipinski definition) is 2. The summed E-state index contributed by atoms with van der Waals surface area (Å²) < 4.78 is 0. The maximum Gasteiger partial charge on any atom is 0.246 e. The number of amides is 1. The number of benzene rings is 1.